The van der Waals surface area contributed by atoms with E-state index >= 15 is 0 Å². The van der Waals surface area contributed by atoms with E-state index in [1.165, 1.54) is 0 Å². The molecule has 0 bridgehead atoms. The summed E-state index contributed by atoms with van der Waals surface area (Å²) in [6, 6.07) is 7.56. The molecule has 1 rings (SSSR count). The third-order valence-corrected chi connectivity index (χ3v) is 5.29. The Labute approximate surface area is 117 Å². The van der Waals surface area contributed by atoms with Gasteiger partial charge in [-0.15, -0.1) is 0 Å². The molecule has 18 heavy (non-hydrogen) atoms. The van der Waals surface area contributed by atoms with Gasteiger partial charge in [-0.1, -0.05) is 44.0 Å². The van der Waals surface area contributed by atoms with Gasteiger partial charge in [0.05, 0.1) is 0 Å². The molecule has 0 amide bonds. The molecular weight excluding hydrogens is 266 g/mol. The smallest absolute Gasteiger partial charge is 0.0499 e. The van der Waals surface area contributed by atoms with Crippen molar-refractivity contribution in [3.05, 3.63) is 34.9 Å². The molecule has 0 aliphatic rings. The lowest BCUT2D eigenvalue weighted by atomic mass is 10.1. The van der Waals surface area contributed by atoms with E-state index in [4.69, 9.17) is 17.3 Å². The van der Waals surface area contributed by atoms with Crippen molar-refractivity contribution < 1.29 is 4.21 Å². The maximum absolute atomic E-state index is 12.3. The summed E-state index contributed by atoms with van der Waals surface area (Å²) in [6.07, 6.45) is 2.84. The molecule has 2 N–H and O–H groups in total. The Morgan fingerprint density at radius 2 is 1.89 bits per heavy atom. The number of benzene rings is 1. The molecule has 3 atom stereocenters. The van der Waals surface area contributed by atoms with Crippen molar-refractivity contribution in [3.63, 3.8) is 0 Å². The second kappa shape index (κ2) is 7.93. The van der Waals surface area contributed by atoms with E-state index in [1.807, 2.05) is 24.3 Å². The lowest BCUT2D eigenvalue weighted by molar-refractivity contribution is 0.549. The number of hydrogen-bond acceptors (Lipinski definition) is 2. The van der Waals surface area contributed by atoms with Crippen LogP contribution in [-0.4, -0.2) is 15.5 Å². The minimum Gasteiger partial charge on any atom is -0.327 e. The highest BCUT2D eigenvalue weighted by Gasteiger charge is 2.21. The lowest BCUT2D eigenvalue weighted by Gasteiger charge is -2.21. The van der Waals surface area contributed by atoms with Crippen molar-refractivity contribution in [1.29, 1.82) is 0 Å². The molecule has 0 aliphatic heterocycles. The summed E-state index contributed by atoms with van der Waals surface area (Å²) in [5.41, 5.74) is 7.16. The SMILES string of the molecule is CCCC(N)C(CC)S(=O)Cc1ccc(Cl)cc1. The number of nitrogens with two attached hydrogens (primary N) is 1. The van der Waals surface area contributed by atoms with Crippen LogP contribution in [0.15, 0.2) is 24.3 Å². The molecule has 4 heteroatoms. The van der Waals surface area contributed by atoms with E-state index in [-0.39, 0.29) is 11.3 Å². The molecular formula is C14H22ClNOS. The number of hydrogen-bond donors (Lipinski definition) is 1. The van der Waals surface area contributed by atoms with Crippen LogP contribution in [0.1, 0.15) is 38.7 Å². The van der Waals surface area contributed by atoms with E-state index in [2.05, 4.69) is 13.8 Å². The predicted octanol–water partition coefficient (Wildman–Crippen LogP) is 3.49. The van der Waals surface area contributed by atoms with Gasteiger partial charge in [-0.3, -0.25) is 4.21 Å². The maximum atomic E-state index is 12.3. The summed E-state index contributed by atoms with van der Waals surface area (Å²) in [5, 5.41) is 0.792. The molecule has 0 aromatic heterocycles. The standard InChI is InChI=1S/C14H22ClNOS/c1-3-5-13(16)14(4-2)18(17)10-11-6-8-12(15)9-7-11/h6-9,13-14H,3-5,10,16H2,1-2H3. The Morgan fingerprint density at radius 1 is 1.28 bits per heavy atom. The third-order valence-electron chi connectivity index (χ3n) is 3.06. The summed E-state index contributed by atoms with van der Waals surface area (Å²) in [7, 11) is -0.915. The largest absolute Gasteiger partial charge is 0.327 e. The predicted molar refractivity (Wildman–Crippen MR) is 80.3 cm³/mol. The molecule has 1 aromatic rings. The molecule has 0 saturated carbocycles. The maximum Gasteiger partial charge on any atom is 0.0499 e. The normalized spacial score (nSPS) is 16.2. The fourth-order valence-electron chi connectivity index (χ4n) is 2.05. The van der Waals surface area contributed by atoms with E-state index in [0.717, 1.165) is 24.8 Å². The molecule has 102 valence electrons. The monoisotopic (exact) mass is 287 g/mol. The number of rotatable bonds is 7. The average molecular weight is 288 g/mol. The zero-order valence-corrected chi connectivity index (χ0v) is 12.6. The second-order valence-electron chi connectivity index (χ2n) is 4.55. The fourth-order valence-corrected chi connectivity index (χ4v) is 3.81. The van der Waals surface area contributed by atoms with Crippen LogP contribution in [0.4, 0.5) is 0 Å². The van der Waals surface area contributed by atoms with Gasteiger partial charge in [-0.25, -0.2) is 0 Å². The van der Waals surface area contributed by atoms with Gasteiger partial charge >= 0.3 is 0 Å². The van der Waals surface area contributed by atoms with Crippen LogP contribution in [-0.2, 0) is 16.6 Å². The highest BCUT2D eigenvalue weighted by atomic mass is 35.5. The first-order chi connectivity index (χ1) is 8.58. The molecule has 0 spiro atoms. The molecule has 0 aliphatic carbocycles. The zero-order chi connectivity index (χ0) is 13.5. The lowest BCUT2D eigenvalue weighted by Crippen LogP contribution is -2.37. The Morgan fingerprint density at radius 3 is 2.39 bits per heavy atom. The first kappa shape index (κ1) is 15.7. The van der Waals surface area contributed by atoms with Gasteiger partial charge in [0.25, 0.3) is 0 Å². The van der Waals surface area contributed by atoms with E-state index in [0.29, 0.717) is 10.8 Å². The Balaban J connectivity index is 2.64. The Hall–Kier alpha value is -0.380. The third kappa shape index (κ3) is 4.71. The summed E-state index contributed by atoms with van der Waals surface area (Å²) < 4.78 is 12.3. The highest BCUT2D eigenvalue weighted by Crippen LogP contribution is 2.16. The summed E-state index contributed by atoms with van der Waals surface area (Å²) >= 11 is 5.83. The first-order valence-electron chi connectivity index (χ1n) is 6.45. The van der Waals surface area contributed by atoms with E-state index in [1.54, 1.807) is 0 Å². The molecule has 3 unspecified atom stereocenters. The summed E-state index contributed by atoms with van der Waals surface area (Å²) in [6.45, 7) is 4.16. The Kier molecular flexibility index (Phi) is 6.90. The Bertz CT molecular complexity index is 380. The van der Waals surface area contributed by atoms with Crippen LogP contribution in [0, 0.1) is 0 Å². The molecule has 1 aromatic carbocycles. The van der Waals surface area contributed by atoms with Gasteiger partial charge in [-0.05, 0) is 30.5 Å². The van der Waals surface area contributed by atoms with Crippen LogP contribution >= 0.6 is 11.6 Å². The van der Waals surface area contributed by atoms with Gasteiger partial charge in [0.1, 0.15) is 0 Å². The average Bonchev–Trinajstić information content (AvgIpc) is 2.33. The molecule has 2 nitrogen and oxygen atoms in total. The van der Waals surface area contributed by atoms with Crippen molar-refractivity contribution in [2.24, 2.45) is 5.73 Å². The van der Waals surface area contributed by atoms with Crippen LogP contribution in [0.5, 0.6) is 0 Å². The van der Waals surface area contributed by atoms with Crippen molar-refractivity contribution in [3.8, 4) is 0 Å². The van der Waals surface area contributed by atoms with Gasteiger partial charge in [0, 0.05) is 32.9 Å². The second-order valence-corrected chi connectivity index (χ2v) is 6.64. The van der Waals surface area contributed by atoms with Gasteiger partial charge in [-0.2, -0.15) is 0 Å². The van der Waals surface area contributed by atoms with Gasteiger partial charge < -0.3 is 5.73 Å². The quantitative estimate of drug-likeness (QED) is 0.834. The van der Waals surface area contributed by atoms with Crippen LogP contribution < -0.4 is 5.73 Å². The minimum absolute atomic E-state index is 0.0353. The summed E-state index contributed by atoms with van der Waals surface area (Å²) in [5.74, 6) is 0.563. The van der Waals surface area contributed by atoms with Crippen molar-refractivity contribution in [1.82, 2.24) is 0 Å². The molecule has 0 fully saturated rings. The molecule has 0 saturated heterocycles. The fraction of sp³-hybridized carbons (Fsp3) is 0.571. The minimum atomic E-state index is -0.915. The zero-order valence-electron chi connectivity index (χ0n) is 11.1. The first-order valence-corrected chi connectivity index (χ1v) is 8.21. The van der Waals surface area contributed by atoms with Crippen molar-refractivity contribution >= 4 is 22.4 Å². The van der Waals surface area contributed by atoms with Crippen LogP contribution in [0.25, 0.3) is 0 Å². The highest BCUT2D eigenvalue weighted by molar-refractivity contribution is 7.84. The van der Waals surface area contributed by atoms with Gasteiger partial charge in [0.15, 0.2) is 0 Å². The van der Waals surface area contributed by atoms with Crippen molar-refractivity contribution in [2.75, 3.05) is 0 Å². The summed E-state index contributed by atoms with van der Waals surface area (Å²) in [4.78, 5) is 0. The topological polar surface area (TPSA) is 43.1 Å². The van der Waals surface area contributed by atoms with Crippen LogP contribution in [0.3, 0.4) is 0 Å². The van der Waals surface area contributed by atoms with Crippen LogP contribution in [0.2, 0.25) is 5.02 Å². The van der Waals surface area contributed by atoms with Crippen molar-refractivity contribution in [2.45, 2.75) is 50.2 Å². The van der Waals surface area contributed by atoms with Gasteiger partial charge in [0.2, 0.25) is 0 Å². The number of halogens is 1. The van der Waals surface area contributed by atoms with E-state index in [9.17, 15) is 4.21 Å². The molecule has 0 heterocycles. The molecule has 0 radical (unpaired) electrons. The van der Waals surface area contributed by atoms with E-state index < -0.39 is 10.8 Å².